The number of hydrogen-bond donors (Lipinski definition) is 3. The molecule has 2 amide bonds. The quantitative estimate of drug-likeness (QED) is 0.494. The third-order valence-electron chi connectivity index (χ3n) is 6.29. The maximum Gasteiger partial charge on any atom is 0.332 e. The van der Waals surface area contributed by atoms with Crippen molar-refractivity contribution in [2.45, 2.75) is 45.3 Å². The molecule has 1 aliphatic rings. The maximum atomic E-state index is 13.2. The highest BCUT2D eigenvalue weighted by atomic mass is 16.2. The summed E-state index contributed by atoms with van der Waals surface area (Å²) in [6, 6.07) is 17.6. The number of nitriles is 1. The summed E-state index contributed by atoms with van der Waals surface area (Å²) in [6.07, 6.45) is 5.18. The molecule has 1 aliphatic heterocycles. The molecule has 2 heterocycles. The Morgan fingerprint density at radius 3 is 2.65 bits per heavy atom. The number of benzene rings is 2. The lowest BCUT2D eigenvalue weighted by Crippen LogP contribution is -2.56. The van der Waals surface area contributed by atoms with Crippen LogP contribution in [0.3, 0.4) is 0 Å². The van der Waals surface area contributed by atoms with Gasteiger partial charge in [-0.3, -0.25) is 5.01 Å². The average molecular weight is 458 g/mol. The van der Waals surface area contributed by atoms with E-state index in [0.29, 0.717) is 18.7 Å². The monoisotopic (exact) mass is 457 g/mol. The van der Waals surface area contributed by atoms with Crippen LogP contribution in [0.5, 0.6) is 0 Å². The first-order valence-corrected chi connectivity index (χ1v) is 11.6. The Morgan fingerprint density at radius 2 is 2.00 bits per heavy atom. The molecule has 0 radical (unpaired) electrons. The van der Waals surface area contributed by atoms with Gasteiger partial charge in [0.2, 0.25) is 0 Å². The van der Waals surface area contributed by atoms with E-state index in [9.17, 15) is 4.79 Å². The first-order valence-electron chi connectivity index (χ1n) is 11.6. The fourth-order valence-corrected chi connectivity index (χ4v) is 4.22. The normalized spacial score (nSPS) is 15.3. The Hall–Kier alpha value is -3.83. The number of aromatic amines is 1. The zero-order valence-electron chi connectivity index (χ0n) is 19.7. The summed E-state index contributed by atoms with van der Waals surface area (Å²) in [7, 11) is 0. The Balaban J connectivity index is 1.40. The van der Waals surface area contributed by atoms with Crippen molar-refractivity contribution < 1.29 is 4.79 Å². The van der Waals surface area contributed by atoms with Crippen LogP contribution in [0.15, 0.2) is 61.1 Å². The number of aromatic nitrogens is 2. The van der Waals surface area contributed by atoms with Gasteiger partial charge in [-0.1, -0.05) is 24.3 Å². The molecule has 8 heteroatoms. The molecule has 3 aromatic rings. The van der Waals surface area contributed by atoms with Crippen molar-refractivity contribution in [1.82, 2.24) is 25.3 Å². The molecule has 0 saturated carbocycles. The van der Waals surface area contributed by atoms with Crippen LogP contribution in [0.2, 0.25) is 0 Å². The summed E-state index contributed by atoms with van der Waals surface area (Å²) in [6.45, 7) is 6.67. The van der Waals surface area contributed by atoms with Crippen LogP contribution in [0, 0.1) is 18.3 Å². The summed E-state index contributed by atoms with van der Waals surface area (Å²) in [5, 5.41) is 19.6. The molecule has 1 fully saturated rings. The molecule has 34 heavy (non-hydrogen) atoms. The molecule has 0 aliphatic carbocycles. The zero-order valence-corrected chi connectivity index (χ0v) is 19.7. The molecule has 176 valence electrons. The maximum absolute atomic E-state index is 13.2. The van der Waals surface area contributed by atoms with Crippen LogP contribution >= 0.6 is 0 Å². The third-order valence-corrected chi connectivity index (χ3v) is 6.29. The topological polar surface area (TPSA) is 100 Å². The number of H-pyrrole nitrogens is 1. The molecule has 0 spiro atoms. The SMILES string of the molecule is Cc1cccc(NC2(C)CCN(N(Cc3cnc[nH]3)C(=O)NCc3ccc(C#N)cc3)CC2)c1. The lowest BCUT2D eigenvalue weighted by atomic mass is 9.89. The molecular formula is C26H31N7O. The lowest BCUT2D eigenvalue weighted by molar-refractivity contribution is -0.0204. The number of imidazole rings is 1. The molecule has 3 N–H and O–H groups in total. The standard InChI is InChI=1S/C26H31N7O/c1-20-4-3-5-23(14-20)31-26(2)10-12-32(13-11-26)33(18-24-17-28-19-30-24)25(34)29-16-22-8-6-21(15-27)7-9-22/h3-9,14,17,19,31H,10-13,16,18H2,1-2H3,(H,28,30)(H,29,34). The van der Waals surface area contributed by atoms with Crippen molar-refractivity contribution in [3.05, 3.63) is 83.4 Å². The summed E-state index contributed by atoms with van der Waals surface area (Å²) in [4.78, 5) is 20.4. The molecule has 4 rings (SSSR count). The fourth-order valence-electron chi connectivity index (χ4n) is 4.22. The van der Waals surface area contributed by atoms with E-state index in [1.807, 2.05) is 12.1 Å². The molecule has 1 saturated heterocycles. The number of aryl methyl sites for hydroxylation is 1. The van der Waals surface area contributed by atoms with Gasteiger partial charge in [-0.2, -0.15) is 5.26 Å². The predicted molar refractivity (Wildman–Crippen MR) is 132 cm³/mol. The molecular weight excluding hydrogens is 426 g/mol. The van der Waals surface area contributed by atoms with Crippen LogP contribution < -0.4 is 10.6 Å². The van der Waals surface area contributed by atoms with Crippen molar-refractivity contribution in [3.63, 3.8) is 0 Å². The van der Waals surface area contributed by atoms with Crippen molar-refractivity contribution in [2.24, 2.45) is 0 Å². The second-order valence-electron chi connectivity index (χ2n) is 9.11. The number of amides is 2. The van der Waals surface area contributed by atoms with Crippen LogP contribution in [0.1, 0.15) is 42.1 Å². The fraction of sp³-hybridized carbons (Fsp3) is 0.346. The van der Waals surface area contributed by atoms with Gasteiger partial charge in [0, 0.05) is 37.1 Å². The number of rotatable bonds is 7. The average Bonchev–Trinajstić information content (AvgIpc) is 3.35. The van der Waals surface area contributed by atoms with E-state index in [-0.39, 0.29) is 11.6 Å². The largest absolute Gasteiger partial charge is 0.380 e. The molecule has 8 nitrogen and oxygen atoms in total. The molecule has 2 aromatic carbocycles. The first kappa shape index (κ1) is 23.3. The van der Waals surface area contributed by atoms with E-state index in [0.717, 1.165) is 42.9 Å². The zero-order chi connectivity index (χ0) is 24.0. The number of piperidine rings is 1. The highest BCUT2D eigenvalue weighted by molar-refractivity contribution is 5.73. The Kier molecular flexibility index (Phi) is 7.14. The van der Waals surface area contributed by atoms with Gasteiger partial charge in [-0.15, -0.1) is 0 Å². The van der Waals surface area contributed by atoms with Crippen molar-refractivity contribution in [1.29, 1.82) is 5.26 Å². The Bertz CT molecular complexity index is 1130. The molecule has 0 bridgehead atoms. The van der Waals surface area contributed by atoms with E-state index in [1.54, 1.807) is 29.7 Å². The highest BCUT2D eigenvalue weighted by Crippen LogP contribution is 2.28. The highest BCUT2D eigenvalue weighted by Gasteiger charge is 2.34. The first-order chi connectivity index (χ1) is 16.4. The van der Waals surface area contributed by atoms with Gasteiger partial charge in [0.05, 0.1) is 30.2 Å². The summed E-state index contributed by atoms with van der Waals surface area (Å²) in [5.41, 5.74) is 4.75. The number of carbonyl (C=O) groups excluding carboxylic acids is 1. The van der Waals surface area contributed by atoms with Gasteiger partial charge in [-0.25, -0.2) is 14.8 Å². The van der Waals surface area contributed by atoms with E-state index >= 15 is 0 Å². The summed E-state index contributed by atoms with van der Waals surface area (Å²) < 4.78 is 0. The predicted octanol–water partition coefficient (Wildman–Crippen LogP) is 4.18. The third kappa shape index (κ3) is 5.94. The van der Waals surface area contributed by atoms with E-state index < -0.39 is 0 Å². The summed E-state index contributed by atoms with van der Waals surface area (Å²) in [5.74, 6) is 0. The lowest BCUT2D eigenvalue weighted by Gasteiger charge is -2.44. The van der Waals surface area contributed by atoms with Crippen LogP contribution in [-0.2, 0) is 13.1 Å². The van der Waals surface area contributed by atoms with Crippen LogP contribution in [-0.4, -0.2) is 44.6 Å². The van der Waals surface area contributed by atoms with Crippen molar-refractivity contribution in [3.8, 4) is 6.07 Å². The smallest absolute Gasteiger partial charge is 0.332 e. The van der Waals surface area contributed by atoms with Crippen LogP contribution in [0.4, 0.5) is 10.5 Å². The number of carbonyl (C=O) groups is 1. The minimum Gasteiger partial charge on any atom is -0.380 e. The minimum absolute atomic E-state index is 0.0388. The second kappa shape index (κ2) is 10.4. The van der Waals surface area contributed by atoms with E-state index in [4.69, 9.17) is 5.26 Å². The van der Waals surface area contributed by atoms with Crippen molar-refractivity contribution >= 4 is 11.7 Å². The number of anilines is 1. The number of hydrazine groups is 1. The molecule has 0 unspecified atom stereocenters. The van der Waals surface area contributed by atoms with Gasteiger partial charge in [0.15, 0.2) is 0 Å². The van der Waals surface area contributed by atoms with E-state index in [1.165, 1.54) is 5.56 Å². The number of nitrogens with one attached hydrogen (secondary N) is 3. The number of hydrogen-bond acceptors (Lipinski definition) is 5. The number of urea groups is 1. The van der Waals surface area contributed by atoms with Gasteiger partial charge in [-0.05, 0) is 62.1 Å². The Morgan fingerprint density at radius 1 is 1.24 bits per heavy atom. The van der Waals surface area contributed by atoms with E-state index in [2.05, 4.69) is 69.8 Å². The second-order valence-corrected chi connectivity index (χ2v) is 9.11. The molecule has 0 atom stereocenters. The van der Waals surface area contributed by atoms with Gasteiger partial charge in [0.1, 0.15) is 0 Å². The molecule has 1 aromatic heterocycles. The van der Waals surface area contributed by atoms with Crippen molar-refractivity contribution in [2.75, 3.05) is 18.4 Å². The van der Waals surface area contributed by atoms with Gasteiger partial charge < -0.3 is 15.6 Å². The van der Waals surface area contributed by atoms with Gasteiger partial charge >= 0.3 is 6.03 Å². The minimum atomic E-state index is -0.158. The van der Waals surface area contributed by atoms with Gasteiger partial charge in [0.25, 0.3) is 0 Å². The summed E-state index contributed by atoms with van der Waals surface area (Å²) >= 11 is 0. The van der Waals surface area contributed by atoms with Crippen LogP contribution in [0.25, 0.3) is 0 Å². The Labute approximate surface area is 200 Å². The number of nitrogens with zero attached hydrogens (tertiary/aromatic N) is 4.